The molecule has 1 aromatic rings. The molecule has 0 radical (unpaired) electrons. The van der Waals surface area contributed by atoms with E-state index in [0.29, 0.717) is 22.8 Å². The van der Waals surface area contributed by atoms with E-state index in [2.05, 4.69) is 9.97 Å². The van der Waals surface area contributed by atoms with Crippen LogP contribution in [0.15, 0.2) is 6.20 Å². The zero-order chi connectivity index (χ0) is 7.56. The third-order valence-electron chi connectivity index (χ3n) is 1.03. The van der Waals surface area contributed by atoms with Crippen LogP contribution in [0, 0.1) is 6.92 Å². The van der Waals surface area contributed by atoms with Crippen molar-refractivity contribution in [2.45, 2.75) is 6.92 Å². The van der Waals surface area contributed by atoms with Gasteiger partial charge in [0.2, 0.25) is 0 Å². The number of carbonyl (C=O) groups excluding carboxylic acids is 1. The second kappa shape index (κ2) is 2.75. The highest BCUT2D eigenvalue weighted by Crippen LogP contribution is 2.06. The molecule has 0 aromatic carbocycles. The van der Waals surface area contributed by atoms with Gasteiger partial charge in [-0.2, -0.15) is 0 Å². The largest absolute Gasteiger partial charge is 0.296 e. The Kier molecular flexibility index (Phi) is 1.97. The summed E-state index contributed by atoms with van der Waals surface area (Å²) in [6, 6.07) is 0. The summed E-state index contributed by atoms with van der Waals surface area (Å²) >= 11 is 5.55. The van der Waals surface area contributed by atoms with E-state index < -0.39 is 0 Å². The molecule has 0 atom stereocenters. The Morgan fingerprint density at radius 1 is 1.70 bits per heavy atom. The molecule has 0 unspecified atom stereocenters. The first-order valence-corrected chi connectivity index (χ1v) is 3.06. The average molecular weight is 157 g/mol. The summed E-state index contributed by atoms with van der Waals surface area (Å²) in [5.41, 5.74) is 0.883. The lowest BCUT2D eigenvalue weighted by atomic mass is 10.4. The first-order valence-electron chi connectivity index (χ1n) is 2.68. The molecule has 0 spiro atoms. The summed E-state index contributed by atoms with van der Waals surface area (Å²) in [6.45, 7) is 1.70. The minimum Gasteiger partial charge on any atom is -0.296 e. The number of nitrogens with zero attached hydrogens (tertiary/aromatic N) is 2. The minimum absolute atomic E-state index is 0.307. The summed E-state index contributed by atoms with van der Waals surface area (Å²) in [4.78, 5) is 17.7. The quantitative estimate of drug-likeness (QED) is 0.575. The van der Waals surface area contributed by atoms with Gasteiger partial charge in [-0.15, -0.1) is 0 Å². The van der Waals surface area contributed by atoms with E-state index in [9.17, 15) is 4.79 Å². The van der Waals surface area contributed by atoms with Gasteiger partial charge in [0, 0.05) is 0 Å². The van der Waals surface area contributed by atoms with Crippen LogP contribution in [0.1, 0.15) is 16.2 Å². The molecule has 0 amide bonds. The van der Waals surface area contributed by atoms with Crippen molar-refractivity contribution in [2.24, 2.45) is 0 Å². The second-order valence-electron chi connectivity index (χ2n) is 1.79. The fraction of sp³-hybridized carbons (Fsp3) is 0.167. The Balaban J connectivity index is 3.16. The molecule has 0 saturated carbocycles. The summed E-state index contributed by atoms with van der Waals surface area (Å²) < 4.78 is 0. The van der Waals surface area contributed by atoms with E-state index in [1.165, 1.54) is 6.20 Å². The predicted molar refractivity (Wildman–Crippen MR) is 37.2 cm³/mol. The van der Waals surface area contributed by atoms with Crippen LogP contribution in [0.25, 0.3) is 0 Å². The van der Waals surface area contributed by atoms with Crippen molar-refractivity contribution in [3.05, 3.63) is 22.7 Å². The van der Waals surface area contributed by atoms with Crippen molar-refractivity contribution in [1.82, 2.24) is 9.97 Å². The van der Waals surface area contributed by atoms with Gasteiger partial charge in [0.25, 0.3) is 0 Å². The second-order valence-corrected chi connectivity index (χ2v) is 2.15. The number of carbonyl (C=O) groups is 1. The van der Waals surface area contributed by atoms with Crippen molar-refractivity contribution in [3.63, 3.8) is 0 Å². The van der Waals surface area contributed by atoms with Crippen molar-refractivity contribution in [2.75, 3.05) is 0 Å². The topological polar surface area (TPSA) is 42.9 Å². The fourth-order valence-electron chi connectivity index (χ4n) is 0.542. The normalized spacial score (nSPS) is 9.40. The van der Waals surface area contributed by atoms with Crippen LogP contribution in [0.5, 0.6) is 0 Å². The molecule has 3 nitrogen and oxygen atoms in total. The maximum atomic E-state index is 10.1. The van der Waals surface area contributed by atoms with Crippen LogP contribution in [0.2, 0.25) is 5.15 Å². The van der Waals surface area contributed by atoms with Crippen molar-refractivity contribution in [1.29, 1.82) is 0 Å². The van der Waals surface area contributed by atoms with E-state index in [1.807, 2.05) is 0 Å². The molecule has 0 aliphatic carbocycles. The van der Waals surface area contributed by atoms with Crippen molar-refractivity contribution in [3.8, 4) is 0 Å². The molecular formula is C6H5ClN2O. The molecule has 0 aliphatic rings. The van der Waals surface area contributed by atoms with E-state index in [4.69, 9.17) is 11.6 Å². The number of hydrogen-bond donors (Lipinski definition) is 0. The number of aldehydes is 1. The lowest BCUT2D eigenvalue weighted by Gasteiger charge is -1.93. The van der Waals surface area contributed by atoms with Gasteiger partial charge in [0.05, 0.1) is 11.9 Å². The van der Waals surface area contributed by atoms with Gasteiger partial charge >= 0.3 is 0 Å². The molecule has 1 rings (SSSR count). The Labute approximate surface area is 63.1 Å². The van der Waals surface area contributed by atoms with Crippen LogP contribution >= 0.6 is 11.6 Å². The molecule has 0 saturated heterocycles. The predicted octanol–water partition coefficient (Wildman–Crippen LogP) is 1.25. The van der Waals surface area contributed by atoms with Gasteiger partial charge in [0.1, 0.15) is 10.8 Å². The average Bonchev–Trinajstić information content (AvgIpc) is 1.95. The number of aryl methyl sites for hydroxylation is 1. The molecule has 52 valence electrons. The SMILES string of the molecule is Cc1nc(C=O)cnc1Cl. The monoisotopic (exact) mass is 156 g/mol. The molecule has 0 bridgehead atoms. The molecule has 1 heterocycles. The standard InChI is InChI=1S/C6H5ClN2O/c1-4-6(7)8-2-5(3-10)9-4/h2-3H,1H3. The van der Waals surface area contributed by atoms with Crippen LogP contribution in [0.3, 0.4) is 0 Å². The molecule has 0 N–H and O–H groups in total. The van der Waals surface area contributed by atoms with Crippen molar-refractivity contribution < 1.29 is 4.79 Å². The van der Waals surface area contributed by atoms with Gasteiger partial charge in [-0.1, -0.05) is 11.6 Å². The van der Waals surface area contributed by atoms with Crippen LogP contribution in [0.4, 0.5) is 0 Å². The highest BCUT2D eigenvalue weighted by molar-refractivity contribution is 6.29. The van der Waals surface area contributed by atoms with Gasteiger partial charge in [-0.3, -0.25) is 4.79 Å². The third-order valence-corrected chi connectivity index (χ3v) is 1.40. The zero-order valence-electron chi connectivity index (χ0n) is 5.34. The van der Waals surface area contributed by atoms with Gasteiger partial charge < -0.3 is 0 Å². The maximum absolute atomic E-state index is 10.1. The van der Waals surface area contributed by atoms with Gasteiger partial charge in [0.15, 0.2) is 6.29 Å². The third kappa shape index (κ3) is 1.30. The lowest BCUT2D eigenvalue weighted by molar-refractivity contribution is 0.111. The molecule has 4 heteroatoms. The molecular weight excluding hydrogens is 152 g/mol. The number of halogens is 1. The highest BCUT2D eigenvalue weighted by Gasteiger charge is 1.97. The Hall–Kier alpha value is -0.960. The maximum Gasteiger partial charge on any atom is 0.170 e. The Morgan fingerprint density at radius 2 is 2.40 bits per heavy atom. The molecule has 0 aliphatic heterocycles. The summed E-state index contributed by atoms with van der Waals surface area (Å²) in [7, 11) is 0. The molecule has 1 aromatic heterocycles. The summed E-state index contributed by atoms with van der Waals surface area (Å²) in [5.74, 6) is 0. The van der Waals surface area contributed by atoms with Crippen LogP contribution in [-0.2, 0) is 0 Å². The molecule has 0 fully saturated rings. The smallest absolute Gasteiger partial charge is 0.170 e. The van der Waals surface area contributed by atoms with Crippen LogP contribution in [-0.4, -0.2) is 16.3 Å². The van der Waals surface area contributed by atoms with Gasteiger partial charge in [-0.25, -0.2) is 9.97 Å². The number of aromatic nitrogens is 2. The minimum atomic E-state index is 0.307. The summed E-state index contributed by atoms with van der Waals surface area (Å²) in [6.07, 6.45) is 1.97. The Morgan fingerprint density at radius 3 is 2.90 bits per heavy atom. The Bertz CT molecular complexity index is 262. The number of hydrogen-bond acceptors (Lipinski definition) is 3. The first-order chi connectivity index (χ1) is 4.74. The van der Waals surface area contributed by atoms with E-state index >= 15 is 0 Å². The van der Waals surface area contributed by atoms with Crippen molar-refractivity contribution >= 4 is 17.9 Å². The van der Waals surface area contributed by atoms with E-state index in [-0.39, 0.29) is 0 Å². The highest BCUT2D eigenvalue weighted by atomic mass is 35.5. The first kappa shape index (κ1) is 7.15. The van der Waals surface area contributed by atoms with Gasteiger partial charge in [-0.05, 0) is 6.92 Å². The molecule has 10 heavy (non-hydrogen) atoms. The lowest BCUT2D eigenvalue weighted by Crippen LogP contribution is -1.92. The van der Waals surface area contributed by atoms with E-state index in [1.54, 1.807) is 6.92 Å². The fourth-order valence-corrected chi connectivity index (χ4v) is 0.633. The van der Waals surface area contributed by atoms with Crippen LogP contribution < -0.4 is 0 Å². The van der Waals surface area contributed by atoms with E-state index in [0.717, 1.165) is 0 Å². The summed E-state index contributed by atoms with van der Waals surface area (Å²) in [5, 5.41) is 0.339. The number of rotatable bonds is 1. The zero-order valence-corrected chi connectivity index (χ0v) is 6.09.